The Labute approximate surface area is 106 Å². The molecule has 2 aromatic rings. The molecule has 0 radical (unpaired) electrons. The molecule has 0 saturated carbocycles. The van der Waals surface area contributed by atoms with E-state index in [0.29, 0.717) is 12.1 Å². The van der Waals surface area contributed by atoms with Gasteiger partial charge in [0.25, 0.3) is 5.91 Å². The molecule has 2 aromatic heterocycles. The molecule has 18 heavy (non-hydrogen) atoms. The smallest absolute Gasteiger partial charge is 0.257 e. The van der Waals surface area contributed by atoms with Crippen LogP contribution in [0.3, 0.4) is 0 Å². The van der Waals surface area contributed by atoms with Crippen molar-refractivity contribution in [3.63, 3.8) is 0 Å². The first kappa shape index (κ1) is 12.3. The lowest BCUT2D eigenvalue weighted by Gasteiger charge is -2.15. The molecule has 0 bridgehead atoms. The maximum atomic E-state index is 12.1. The molecule has 2 heterocycles. The molecule has 0 fully saturated rings. The van der Waals surface area contributed by atoms with E-state index in [4.69, 9.17) is 0 Å². The number of hydrogen-bond acceptors (Lipinski definition) is 3. The highest BCUT2D eigenvalue weighted by Crippen LogP contribution is 2.10. The summed E-state index contributed by atoms with van der Waals surface area (Å²) in [6, 6.07) is 0. The van der Waals surface area contributed by atoms with Crippen LogP contribution in [0.1, 0.15) is 21.6 Å². The molecular formula is C12H17N5O. The van der Waals surface area contributed by atoms with Gasteiger partial charge < -0.3 is 4.90 Å². The molecule has 6 heteroatoms. The van der Waals surface area contributed by atoms with Gasteiger partial charge in [-0.15, -0.1) is 0 Å². The Hall–Kier alpha value is -2.11. The third kappa shape index (κ3) is 2.42. The SMILES string of the molecule is Cc1nn(C)cc1CN(C)C(=O)c1cnn(C)c1. The van der Waals surface area contributed by atoms with Gasteiger partial charge in [-0.25, -0.2) is 0 Å². The van der Waals surface area contributed by atoms with Crippen LogP contribution in [0.2, 0.25) is 0 Å². The first-order valence-corrected chi connectivity index (χ1v) is 5.70. The van der Waals surface area contributed by atoms with Crippen LogP contribution in [0, 0.1) is 6.92 Å². The van der Waals surface area contributed by atoms with E-state index in [-0.39, 0.29) is 5.91 Å². The first-order chi connectivity index (χ1) is 8.47. The fourth-order valence-corrected chi connectivity index (χ4v) is 1.88. The molecular weight excluding hydrogens is 230 g/mol. The largest absolute Gasteiger partial charge is 0.337 e. The molecule has 0 atom stereocenters. The highest BCUT2D eigenvalue weighted by molar-refractivity contribution is 5.93. The van der Waals surface area contributed by atoms with Crippen LogP contribution in [-0.2, 0) is 20.6 Å². The van der Waals surface area contributed by atoms with Crippen molar-refractivity contribution in [3.8, 4) is 0 Å². The lowest BCUT2D eigenvalue weighted by Crippen LogP contribution is -2.26. The zero-order valence-electron chi connectivity index (χ0n) is 11.1. The Morgan fingerprint density at radius 2 is 2.06 bits per heavy atom. The fraction of sp³-hybridized carbons (Fsp3) is 0.417. The average Bonchev–Trinajstić information content (AvgIpc) is 2.85. The van der Waals surface area contributed by atoms with Gasteiger partial charge in [0.1, 0.15) is 0 Å². The number of carbonyl (C=O) groups is 1. The molecule has 0 aliphatic heterocycles. The van der Waals surface area contributed by atoms with Gasteiger partial charge >= 0.3 is 0 Å². The number of nitrogens with zero attached hydrogens (tertiary/aromatic N) is 5. The van der Waals surface area contributed by atoms with E-state index in [1.165, 1.54) is 0 Å². The van der Waals surface area contributed by atoms with Crippen molar-refractivity contribution < 1.29 is 4.79 Å². The van der Waals surface area contributed by atoms with Crippen LogP contribution in [0.15, 0.2) is 18.6 Å². The Morgan fingerprint density at radius 3 is 2.56 bits per heavy atom. The van der Waals surface area contributed by atoms with E-state index in [1.54, 1.807) is 40.8 Å². The number of aromatic nitrogens is 4. The monoisotopic (exact) mass is 247 g/mol. The standard InChI is InChI=1S/C12H17N5O/c1-9-11(8-17(4)14-9)6-15(2)12(18)10-5-13-16(3)7-10/h5,7-8H,6H2,1-4H3. The Kier molecular flexibility index (Phi) is 3.18. The summed E-state index contributed by atoms with van der Waals surface area (Å²) in [5, 5.41) is 8.26. The van der Waals surface area contributed by atoms with Gasteiger partial charge in [0.2, 0.25) is 0 Å². The van der Waals surface area contributed by atoms with Gasteiger partial charge in [-0.05, 0) is 6.92 Å². The second kappa shape index (κ2) is 4.64. The summed E-state index contributed by atoms with van der Waals surface area (Å²) in [6.07, 6.45) is 5.23. The van der Waals surface area contributed by atoms with Crippen LogP contribution < -0.4 is 0 Å². The summed E-state index contributed by atoms with van der Waals surface area (Å²) >= 11 is 0. The Bertz CT molecular complexity index is 569. The van der Waals surface area contributed by atoms with Crippen molar-refractivity contribution in [1.82, 2.24) is 24.5 Å². The van der Waals surface area contributed by atoms with Crippen molar-refractivity contribution in [2.45, 2.75) is 13.5 Å². The molecule has 0 aromatic carbocycles. The average molecular weight is 247 g/mol. The van der Waals surface area contributed by atoms with Crippen molar-refractivity contribution in [3.05, 3.63) is 35.4 Å². The van der Waals surface area contributed by atoms with E-state index in [0.717, 1.165) is 11.3 Å². The molecule has 0 aliphatic carbocycles. The fourth-order valence-electron chi connectivity index (χ4n) is 1.88. The minimum atomic E-state index is -0.0358. The quantitative estimate of drug-likeness (QED) is 0.803. The van der Waals surface area contributed by atoms with E-state index in [1.807, 2.05) is 20.2 Å². The van der Waals surface area contributed by atoms with Crippen molar-refractivity contribution in [2.24, 2.45) is 14.1 Å². The van der Waals surface area contributed by atoms with E-state index in [9.17, 15) is 4.79 Å². The molecule has 0 aliphatic rings. The molecule has 1 amide bonds. The summed E-state index contributed by atoms with van der Waals surface area (Å²) in [5.41, 5.74) is 2.60. The normalized spacial score (nSPS) is 10.7. The second-order valence-corrected chi connectivity index (χ2v) is 4.48. The van der Waals surface area contributed by atoms with Gasteiger partial charge in [0.15, 0.2) is 0 Å². The molecule has 0 N–H and O–H groups in total. The maximum absolute atomic E-state index is 12.1. The second-order valence-electron chi connectivity index (χ2n) is 4.48. The third-order valence-electron chi connectivity index (χ3n) is 2.82. The molecule has 0 saturated heterocycles. The molecule has 0 unspecified atom stereocenters. The van der Waals surface area contributed by atoms with Gasteiger partial charge in [-0.1, -0.05) is 0 Å². The van der Waals surface area contributed by atoms with Crippen molar-refractivity contribution >= 4 is 5.91 Å². The van der Waals surface area contributed by atoms with Crippen LogP contribution >= 0.6 is 0 Å². The highest BCUT2D eigenvalue weighted by Gasteiger charge is 2.15. The van der Waals surface area contributed by atoms with Crippen molar-refractivity contribution in [1.29, 1.82) is 0 Å². The number of rotatable bonds is 3. The molecule has 2 rings (SSSR count). The van der Waals surface area contributed by atoms with E-state index >= 15 is 0 Å². The predicted molar refractivity (Wildman–Crippen MR) is 67.0 cm³/mol. The van der Waals surface area contributed by atoms with Gasteiger partial charge in [0.05, 0.1) is 17.5 Å². The Balaban J connectivity index is 2.10. The van der Waals surface area contributed by atoms with Crippen LogP contribution in [0.5, 0.6) is 0 Å². The van der Waals surface area contributed by atoms with Gasteiger partial charge in [0, 0.05) is 45.6 Å². The predicted octanol–water partition coefficient (Wildman–Crippen LogP) is 0.734. The minimum absolute atomic E-state index is 0.0358. The summed E-state index contributed by atoms with van der Waals surface area (Å²) in [6.45, 7) is 2.49. The molecule has 6 nitrogen and oxygen atoms in total. The Morgan fingerprint density at radius 1 is 1.33 bits per heavy atom. The molecule has 96 valence electrons. The zero-order chi connectivity index (χ0) is 13.3. The lowest BCUT2D eigenvalue weighted by atomic mass is 10.2. The van der Waals surface area contributed by atoms with Crippen molar-refractivity contribution in [2.75, 3.05) is 7.05 Å². The number of aryl methyl sites for hydroxylation is 3. The lowest BCUT2D eigenvalue weighted by molar-refractivity contribution is 0.0785. The van der Waals surface area contributed by atoms with E-state index in [2.05, 4.69) is 10.2 Å². The molecule has 0 spiro atoms. The van der Waals surface area contributed by atoms with Crippen LogP contribution in [-0.4, -0.2) is 37.4 Å². The number of amides is 1. The summed E-state index contributed by atoms with van der Waals surface area (Å²) in [5.74, 6) is -0.0358. The third-order valence-corrected chi connectivity index (χ3v) is 2.82. The number of hydrogen-bond donors (Lipinski definition) is 0. The maximum Gasteiger partial charge on any atom is 0.257 e. The van der Waals surface area contributed by atoms with Crippen LogP contribution in [0.25, 0.3) is 0 Å². The van der Waals surface area contributed by atoms with Gasteiger partial charge in [-0.3, -0.25) is 14.2 Å². The number of carbonyl (C=O) groups excluding carboxylic acids is 1. The van der Waals surface area contributed by atoms with Gasteiger partial charge in [-0.2, -0.15) is 10.2 Å². The summed E-state index contributed by atoms with van der Waals surface area (Å²) in [4.78, 5) is 13.8. The summed E-state index contributed by atoms with van der Waals surface area (Å²) in [7, 11) is 5.45. The zero-order valence-corrected chi connectivity index (χ0v) is 11.1. The van der Waals surface area contributed by atoms with Crippen LogP contribution in [0.4, 0.5) is 0 Å². The summed E-state index contributed by atoms with van der Waals surface area (Å²) < 4.78 is 3.38. The first-order valence-electron chi connectivity index (χ1n) is 5.70. The minimum Gasteiger partial charge on any atom is -0.337 e. The van der Waals surface area contributed by atoms with E-state index < -0.39 is 0 Å². The topological polar surface area (TPSA) is 56.0 Å². The highest BCUT2D eigenvalue weighted by atomic mass is 16.2.